The van der Waals surface area contributed by atoms with E-state index in [1.807, 2.05) is 44.7 Å². The number of aryl methyl sites for hydroxylation is 1. The van der Waals surface area contributed by atoms with Gasteiger partial charge in [-0.15, -0.1) is 0 Å². The second kappa shape index (κ2) is 8.19. The molecule has 1 saturated heterocycles. The fourth-order valence-electron chi connectivity index (χ4n) is 2.94. The van der Waals surface area contributed by atoms with Crippen LogP contribution in [0.1, 0.15) is 51.3 Å². The van der Waals surface area contributed by atoms with Crippen molar-refractivity contribution in [2.45, 2.75) is 52.6 Å². The second-order valence-electron chi connectivity index (χ2n) is 7.62. The van der Waals surface area contributed by atoms with Crippen LogP contribution in [0.25, 0.3) is 0 Å². The zero-order valence-corrected chi connectivity index (χ0v) is 15.6. The Labute approximate surface area is 150 Å². The minimum absolute atomic E-state index is 0.218. The number of nitrogens with zero attached hydrogens (tertiary/aromatic N) is 3. The lowest BCUT2D eigenvalue weighted by atomic mass is 9.95. The van der Waals surface area contributed by atoms with Gasteiger partial charge in [0.1, 0.15) is 23.2 Å². The van der Waals surface area contributed by atoms with Gasteiger partial charge in [-0.25, -0.2) is 9.78 Å². The van der Waals surface area contributed by atoms with Gasteiger partial charge in [0.25, 0.3) is 0 Å². The highest BCUT2D eigenvalue weighted by Crippen LogP contribution is 2.22. The number of aromatic nitrogens is 1. The largest absolute Gasteiger partial charge is 0.444 e. The fourth-order valence-corrected chi connectivity index (χ4v) is 2.94. The number of nitriles is 1. The number of carbonyl (C=O) groups excluding carboxylic acids is 1. The summed E-state index contributed by atoms with van der Waals surface area (Å²) in [5, 5.41) is 12.3. The van der Waals surface area contributed by atoms with Gasteiger partial charge in [0.05, 0.1) is 0 Å². The van der Waals surface area contributed by atoms with Crippen LogP contribution in [0.2, 0.25) is 0 Å². The lowest BCUT2D eigenvalue weighted by Crippen LogP contribution is -2.43. The number of nitrogens with one attached hydrogen (secondary N) is 1. The average molecular weight is 344 g/mol. The van der Waals surface area contributed by atoms with Gasteiger partial charge in [-0.05, 0) is 64.5 Å². The van der Waals surface area contributed by atoms with Crippen LogP contribution in [0.15, 0.2) is 12.1 Å². The molecule has 6 nitrogen and oxygen atoms in total. The van der Waals surface area contributed by atoms with Gasteiger partial charge < -0.3 is 15.0 Å². The standard InChI is InChI=1S/C19H28N4O2/c1-14-7-8-17(22-16(14)12-20)21-10-9-15-6-5-11-23(13-15)18(24)25-19(2,3)4/h7-8,15H,5-6,9-11,13H2,1-4H3,(H,21,22). The molecular formula is C19H28N4O2. The lowest BCUT2D eigenvalue weighted by molar-refractivity contribution is 0.0163. The van der Waals surface area contributed by atoms with E-state index in [4.69, 9.17) is 10.00 Å². The molecule has 1 aliphatic rings. The highest BCUT2D eigenvalue weighted by molar-refractivity contribution is 5.68. The van der Waals surface area contributed by atoms with E-state index in [0.717, 1.165) is 50.3 Å². The Morgan fingerprint density at radius 3 is 2.92 bits per heavy atom. The third-order valence-corrected chi connectivity index (χ3v) is 4.23. The molecule has 1 aliphatic heterocycles. The Morgan fingerprint density at radius 2 is 2.24 bits per heavy atom. The summed E-state index contributed by atoms with van der Waals surface area (Å²) in [4.78, 5) is 18.3. The SMILES string of the molecule is Cc1ccc(NCCC2CCCN(C(=O)OC(C)(C)C)C2)nc1C#N. The number of hydrogen-bond donors (Lipinski definition) is 1. The summed E-state index contributed by atoms with van der Waals surface area (Å²) in [5.41, 5.74) is 0.883. The zero-order valence-electron chi connectivity index (χ0n) is 15.6. The highest BCUT2D eigenvalue weighted by Gasteiger charge is 2.27. The second-order valence-corrected chi connectivity index (χ2v) is 7.62. The molecule has 25 heavy (non-hydrogen) atoms. The van der Waals surface area contributed by atoms with Gasteiger partial charge in [0.15, 0.2) is 0 Å². The Morgan fingerprint density at radius 1 is 1.48 bits per heavy atom. The van der Waals surface area contributed by atoms with E-state index in [-0.39, 0.29) is 6.09 Å². The number of piperidine rings is 1. The minimum atomic E-state index is -0.457. The molecule has 0 saturated carbocycles. The van der Waals surface area contributed by atoms with Crippen LogP contribution in [0, 0.1) is 24.2 Å². The molecule has 1 N–H and O–H groups in total. The number of carbonyl (C=O) groups is 1. The number of anilines is 1. The van der Waals surface area contributed by atoms with Crippen molar-refractivity contribution in [3.63, 3.8) is 0 Å². The van der Waals surface area contributed by atoms with Gasteiger partial charge in [-0.1, -0.05) is 6.07 Å². The van der Waals surface area contributed by atoms with E-state index in [1.54, 1.807) is 0 Å². The number of likely N-dealkylation sites (tertiary alicyclic amines) is 1. The number of rotatable bonds is 4. The van der Waals surface area contributed by atoms with Crippen LogP contribution >= 0.6 is 0 Å². The predicted octanol–water partition coefficient (Wildman–Crippen LogP) is 3.71. The predicted molar refractivity (Wildman–Crippen MR) is 97.3 cm³/mol. The van der Waals surface area contributed by atoms with E-state index >= 15 is 0 Å². The topological polar surface area (TPSA) is 78.2 Å². The minimum Gasteiger partial charge on any atom is -0.444 e. The van der Waals surface area contributed by atoms with Crippen molar-refractivity contribution in [3.8, 4) is 6.07 Å². The Hall–Kier alpha value is -2.29. The molecule has 0 spiro atoms. The summed E-state index contributed by atoms with van der Waals surface area (Å²) in [5.74, 6) is 1.18. The number of amides is 1. The first kappa shape index (κ1) is 19.0. The molecule has 1 unspecified atom stereocenters. The number of hydrogen-bond acceptors (Lipinski definition) is 5. The summed E-state index contributed by atoms with van der Waals surface area (Å²) in [6, 6.07) is 5.90. The molecule has 2 heterocycles. The molecule has 2 rings (SSSR count). The molecule has 0 radical (unpaired) electrons. The van der Waals surface area contributed by atoms with Crippen LogP contribution in [0.3, 0.4) is 0 Å². The van der Waals surface area contributed by atoms with Crippen molar-refractivity contribution in [2.24, 2.45) is 5.92 Å². The van der Waals surface area contributed by atoms with Gasteiger partial charge in [0.2, 0.25) is 0 Å². The van der Waals surface area contributed by atoms with Crippen molar-refractivity contribution in [3.05, 3.63) is 23.4 Å². The molecule has 1 atom stereocenters. The summed E-state index contributed by atoms with van der Waals surface area (Å²) in [6.07, 6.45) is 2.86. The van der Waals surface area contributed by atoms with Crippen molar-refractivity contribution < 1.29 is 9.53 Å². The first-order chi connectivity index (χ1) is 11.8. The monoisotopic (exact) mass is 344 g/mol. The summed E-state index contributed by atoms with van der Waals surface area (Å²) in [7, 11) is 0. The Bertz CT molecular complexity index is 646. The smallest absolute Gasteiger partial charge is 0.410 e. The van der Waals surface area contributed by atoms with Gasteiger partial charge >= 0.3 is 6.09 Å². The molecule has 0 aromatic carbocycles. The maximum absolute atomic E-state index is 12.2. The van der Waals surface area contributed by atoms with Crippen molar-refractivity contribution in [1.29, 1.82) is 5.26 Å². The van der Waals surface area contributed by atoms with E-state index in [1.165, 1.54) is 0 Å². The Balaban J connectivity index is 1.81. The van der Waals surface area contributed by atoms with E-state index in [0.29, 0.717) is 11.6 Å². The van der Waals surface area contributed by atoms with Crippen LogP contribution in [-0.2, 0) is 4.74 Å². The lowest BCUT2D eigenvalue weighted by Gasteiger charge is -2.34. The van der Waals surface area contributed by atoms with E-state index in [9.17, 15) is 4.79 Å². The molecule has 1 fully saturated rings. The fraction of sp³-hybridized carbons (Fsp3) is 0.632. The van der Waals surface area contributed by atoms with Crippen LogP contribution in [0.4, 0.5) is 10.6 Å². The van der Waals surface area contributed by atoms with Crippen LogP contribution < -0.4 is 5.32 Å². The van der Waals surface area contributed by atoms with Gasteiger partial charge in [-0.2, -0.15) is 5.26 Å². The normalized spacial score (nSPS) is 17.7. The van der Waals surface area contributed by atoms with Gasteiger partial charge in [-0.3, -0.25) is 0 Å². The third kappa shape index (κ3) is 5.93. The molecule has 136 valence electrons. The molecular weight excluding hydrogens is 316 g/mol. The molecule has 0 bridgehead atoms. The van der Waals surface area contributed by atoms with E-state index in [2.05, 4.69) is 16.4 Å². The highest BCUT2D eigenvalue weighted by atomic mass is 16.6. The maximum Gasteiger partial charge on any atom is 0.410 e. The zero-order chi connectivity index (χ0) is 18.4. The van der Waals surface area contributed by atoms with Crippen LogP contribution in [0.5, 0.6) is 0 Å². The summed E-state index contributed by atoms with van der Waals surface area (Å²) >= 11 is 0. The molecule has 0 aliphatic carbocycles. The number of ether oxygens (including phenoxy) is 1. The molecule has 1 aromatic heterocycles. The summed E-state index contributed by atoms with van der Waals surface area (Å²) in [6.45, 7) is 9.82. The van der Waals surface area contributed by atoms with Crippen molar-refractivity contribution in [2.75, 3.05) is 25.0 Å². The molecule has 6 heteroatoms. The van der Waals surface area contributed by atoms with Crippen LogP contribution in [-0.4, -0.2) is 41.2 Å². The molecule has 1 aromatic rings. The van der Waals surface area contributed by atoms with E-state index < -0.39 is 5.60 Å². The first-order valence-corrected chi connectivity index (χ1v) is 8.88. The quantitative estimate of drug-likeness (QED) is 0.901. The first-order valence-electron chi connectivity index (χ1n) is 8.88. The molecule has 1 amide bonds. The maximum atomic E-state index is 12.2. The Kier molecular flexibility index (Phi) is 6.24. The summed E-state index contributed by atoms with van der Waals surface area (Å²) < 4.78 is 5.47. The average Bonchev–Trinajstić information content (AvgIpc) is 2.55. The van der Waals surface area contributed by atoms with Crippen molar-refractivity contribution in [1.82, 2.24) is 9.88 Å². The number of pyridine rings is 1. The van der Waals surface area contributed by atoms with Crippen molar-refractivity contribution >= 4 is 11.9 Å². The van der Waals surface area contributed by atoms with Gasteiger partial charge in [0, 0.05) is 19.6 Å². The third-order valence-electron chi connectivity index (χ3n) is 4.23.